The highest BCUT2D eigenvalue weighted by molar-refractivity contribution is 5.93. The SMILES string of the molecule is CNC(=O)c1cncc(OCc2ccccc2)c1. The number of nitrogens with zero attached hydrogens (tertiary/aromatic N) is 1. The second-order valence-corrected chi connectivity index (χ2v) is 3.76. The quantitative estimate of drug-likeness (QED) is 0.892. The Kier molecular flexibility index (Phi) is 3.91. The third-order valence-corrected chi connectivity index (χ3v) is 2.45. The number of pyridine rings is 1. The molecular formula is C14H14N2O2. The van der Waals surface area contributed by atoms with Crippen molar-refractivity contribution in [3.05, 3.63) is 59.9 Å². The predicted octanol–water partition coefficient (Wildman–Crippen LogP) is 2.02. The first-order valence-electron chi connectivity index (χ1n) is 5.63. The normalized spacial score (nSPS) is 9.83. The fourth-order valence-corrected chi connectivity index (χ4v) is 1.51. The van der Waals surface area contributed by atoms with Crippen LogP contribution in [0.5, 0.6) is 5.75 Å². The van der Waals surface area contributed by atoms with Crippen LogP contribution in [0, 0.1) is 0 Å². The monoisotopic (exact) mass is 242 g/mol. The van der Waals surface area contributed by atoms with Gasteiger partial charge in [-0.3, -0.25) is 9.78 Å². The number of hydrogen-bond acceptors (Lipinski definition) is 3. The van der Waals surface area contributed by atoms with Crippen LogP contribution >= 0.6 is 0 Å². The Hall–Kier alpha value is -2.36. The van der Waals surface area contributed by atoms with E-state index < -0.39 is 0 Å². The summed E-state index contributed by atoms with van der Waals surface area (Å²) in [5.41, 5.74) is 1.56. The van der Waals surface area contributed by atoms with Crippen molar-refractivity contribution >= 4 is 5.91 Å². The molecule has 0 saturated heterocycles. The minimum absolute atomic E-state index is 0.173. The summed E-state index contributed by atoms with van der Waals surface area (Å²) >= 11 is 0. The van der Waals surface area contributed by atoms with E-state index in [4.69, 9.17) is 4.74 Å². The van der Waals surface area contributed by atoms with Crippen LogP contribution in [0.2, 0.25) is 0 Å². The molecule has 1 amide bonds. The molecule has 1 N–H and O–H groups in total. The Morgan fingerprint density at radius 1 is 1.28 bits per heavy atom. The zero-order valence-corrected chi connectivity index (χ0v) is 10.1. The summed E-state index contributed by atoms with van der Waals surface area (Å²) in [7, 11) is 1.58. The van der Waals surface area contributed by atoms with Gasteiger partial charge in [-0.1, -0.05) is 30.3 Å². The van der Waals surface area contributed by atoms with E-state index in [1.807, 2.05) is 30.3 Å². The summed E-state index contributed by atoms with van der Waals surface area (Å²) in [6, 6.07) is 11.5. The predicted molar refractivity (Wildman–Crippen MR) is 68.4 cm³/mol. The van der Waals surface area contributed by atoms with E-state index in [2.05, 4.69) is 10.3 Å². The molecule has 0 aliphatic carbocycles. The Morgan fingerprint density at radius 3 is 2.78 bits per heavy atom. The Balaban J connectivity index is 2.04. The Bertz CT molecular complexity index is 526. The van der Waals surface area contributed by atoms with E-state index in [-0.39, 0.29) is 5.91 Å². The maximum Gasteiger partial charge on any atom is 0.252 e. The smallest absolute Gasteiger partial charge is 0.252 e. The Morgan fingerprint density at radius 2 is 2.06 bits per heavy atom. The topological polar surface area (TPSA) is 51.2 Å². The molecule has 0 radical (unpaired) electrons. The van der Waals surface area contributed by atoms with Crippen LogP contribution in [-0.2, 0) is 6.61 Å². The maximum atomic E-state index is 11.4. The molecule has 0 saturated carbocycles. The molecule has 0 unspecified atom stereocenters. The molecule has 0 spiro atoms. The van der Waals surface area contributed by atoms with Gasteiger partial charge in [0.2, 0.25) is 0 Å². The first-order chi connectivity index (χ1) is 8.79. The van der Waals surface area contributed by atoms with Gasteiger partial charge < -0.3 is 10.1 Å². The fraction of sp³-hybridized carbons (Fsp3) is 0.143. The molecule has 1 heterocycles. The zero-order valence-electron chi connectivity index (χ0n) is 10.1. The average Bonchev–Trinajstić information content (AvgIpc) is 2.45. The number of benzene rings is 1. The number of amides is 1. The molecule has 4 heteroatoms. The van der Waals surface area contributed by atoms with Crippen molar-refractivity contribution in [1.82, 2.24) is 10.3 Å². The molecule has 0 aliphatic heterocycles. The van der Waals surface area contributed by atoms with E-state index in [9.17, 15) is 4.79 Å². The number of carbonyl (C=O) groups excluding carboxylic acids is 1. The molecule has 0 bridgehead atoms. The van der Waals surface area contributed by atoms with Gasteiger partial charge in [0.05, 0.1) is 11.8 Å². The van der Waals surface area contributed by atoms with Crippen molar-refractivity contribution in [1.29, 1.82) is 0 Å². The lowest BCUT2D eigenvalue weighted by atomic mass is 10.2. The van der Waals surface area contributed by atoms with Crippen LogP contribution in [-0.4, -0.2) is 17.9 Å². The lowest BCUT2D eigenvalue weighted by Gasteiger charge is -2.07. The second kappa shape index (κ2) is 5.82. The third-order valence-electron chi connectivity index (χ3n) is 2.45. The number of aromatic nitrogens is 1. The van der Waals surface area contributed by atoms with Crippen LogP contribution < -0.4 is 10.1 Å². The van der Waals surface area contributed by atoms with Gasteiger partial charge in [-0.2, -0.15) is 0 Å². The molecule has 0 fully saturated rings. The third kappa shape index (κ3) is 3.07. The minimum Gasteiger partial charge on any atom is -0.487 e. The first kappa shape index (κ1) is 12.1. The molecule has 0 atom stereocenters. The zero-order chi connectivity index (χ0) is 12.8. The van der Waals surface area contributed by atoms with E-state index in [1.54, 1.807) is 19.3 Å². The first-order valence-corrected chi connectivity index (χ1v) is 5.63. The van der Waals surface area contributed by atoms with Crippen molar-refractivity contribution in [2.75, 3.05) is 7.05 Å². The number of ether oxygens (including phenoxy) is 1. The molecule has 0 aliphatic rings. The number of hydrogen-bond donors (Lipinski definition) is 1. The lowest BCUT2D eigenvalue weighted by molar-refractivity contribution is 0.0962. The maximum absolute atomic E-state index is 11.4. The summed E-state index contributed by atoms with van der Waals surface area (Å²) in [6.07, 6.45) is 3.10. The van der Waals surface area contributed by atoms with Crippen LogP contribution in [0.1, 0.15) is 15.9 Å². The van der Waals surface area contributed by atoms with Crippen molar-refractivity contribution in [2.24, 2.45) is 0 Å². The molecule has 18 heavy (non-hydrogen) atoms. The largest absolute Gasteiger partial charge is 0.487 e. The van der Waals surface area contributed by atoms with Crippen LogP contribution in [0.25, 0.3) is 0 Å². The standard InChI is InChI=1S/C14H14N2O2/c1-15-14(17)12-7-13(9-16-8-12)18-10-11-5-3-2-4-6-11/h2-9H,10H2,1H3,(H,15,17). The number of carbonyl (C=O) groups is 1. The molecule has 1 aromatic carbocycles. The highest BCUT2D eigenvalue weighted by atomic mass is 16.5. The van der Waals surface area contributed by atoms with Crippen molar-refractivity contribution < 1.29 is 9.53 Å². The number of nitrogens with one attached hydrogen (secondary N) is 1. The van der Waals surface area contributed by atoms with E-state index in [0.29, 0.717) is 17.9 Å². The van der Waals surface area contributed by atoms with Gasteiger partial charge in [0, 0.05) is 13.2 Å². The number of rotatable bonds is 4. The molecule has 2 rings (SSSR count). The summed E-state index contributed by atoms with van der Waals surface area (Å²) in [6.45, 7) is 0.458. The van der Waals surface area contributed by atoms with Crippen LogP contribution in [0.15, 0.2) is 48.8 Å². The van der Waals surface area contributed by atoms with Crippen LogP contribution in [0.4, 0.5) is 0 Å². The molecule has 2 aromatic rings. The highest BCUT2D eigenvalue weighted by Crippen LogP contribution is 2.13. The molecule has 1 aromatic heterocycles. The van der Waals surface area contributed by atoms with Gasteiger partial charge in [-0.25, -0.2) is 0 Å². The molecule has 92 valence electrons. The molecule has 4 nitrogen and oxygen atoms in total. The van der Waals surface area contributed by atoms with Crippen molar-refractivity contribution in [3.63, 3.8) is 0 Å². The summed E-state index contributed by atoms with van der Waals surface area (Å²) in [4.78, 5) is 15.4. The summed E-state index contributed by atoms with van der Waals surface area (Å²) in [5.74, 6) is 0.410. The van der Waals surface area contributed by atoms with Gasteiger partial charge in [0.1, 0.15) is 12.4 Å². The van der Waals surface area contributed by atoms with E-state index >= 15 is 0 Å². The Labute approximate surface area is 106 Å². The summed E-state index contributed by atoms with van der Waals surface area (Å²) < 4.78 is 5.58. The van der Waals surface area contributed by atoms with Crippen molar-refractivity contribution in [2.45, 2.75) is 6.61 Å². The lowest BCUT2D eigenvalue weighted by Crippen LogP contribution is -2.17. The summed E-state index contributed by atoms with van der Waals surface area (Å²) in [5, 5.41) is 2.55. The highest BCUT2D eigenvalue weighted by Gasteiger charge is 2.05. The van der Waals surface area contributed by atoms with Gasteiger partial charge in [-0.05, 0) is 11.6 Å². The van der Waals surface area contributed by atoms with Crippen molar-refractivity contribution in [3.8, 4) is 5.75 Å². The molecular weight excluding hydrogens is 228 g/mol. The fourth-order valence-electron chi connectivity index (χ4n) is 1.51. The van der Waals surface area contributed by atoms with E-state index in [1.165, 1.54) is 6.20 Å². The minimum atomic E-state index is -0.173. The van der Waals surface area contributed by atoms with Gasteiger partial charge in [0.15, 0.2) is 0 Å². The van der Waals surface area contributed by atoms with Gasteiger partial charge in [-0.15, -0.1) is 0 Å². The van der Waals surface area contributed by atoms with Crippen LogP contribution in [0.3, 0.4) is 0 Å². The van der Waals surface area contributed by atoms with Gasteiger partial charge in [0.25, 0.3) is 5.91 Å². The van der Waals surface area contributed by atoms with Gasteiger partial charge >= 0.3 is 0 Å². The average molecular weight is 242 g/mol. The second-order valence-electron chi connectivity index (χ2n) is 3.76. The van der Waals surface area contributed by atoms with E-state index in [0.717, 1.165) is 5.56 Å².